The summed E-state index contributed by atoms with van der Waals surface area (Å²) in [7, 11) is 1.86. The lowest BCUT2D eigenvalue weighted by atomic mass is 10.0. The number of rotatable bonds is 6. The maximum atomic E-state index is 12.4. The van der Waals surface area contributed by atoms with Crippen LogP contribution in [-0.4, -0.2) is 62.6 Å². The number of aliphatic hydroxyl groups is 1. The summed E-state index contributed by atoms with van der Waals surface area (Å²) < 4.78 is 1.84. The van der Waals surface area contributed by atoms with Crippen LogP contribution in [-0.2, 0) is 11.8 Å². The largest absolute Gasteiger partial charge is 0.385 e. The van der Waals surface area contributed by atoms with Gasteiger partial charge in [0.25, 0.3) is 0 Å². The minimum absolute atomic E-state index is 0.0242. The van der Waals surface area contributed by atoms with Crippen molar-refractivity contribution in [2.75, 3.05) is 26.2 Å². The van der Waals surface area contributed by atoms with E-state index in [2.05, 4.69) is 23.7 Å². The van der Waals surface area contributed by atoms with Gasteiger partial charge >= 0.3 is 0 Å². The normalized spacial score (nSPS) is 17.7. The van der Waals surface area contributed by atoms with Gasteiger partial charge in [0.2, 0.25) is 5.91 Å². The van der Waals surface area contributed by atoms with Crippen LogP contribution in [0.5, 0.6) is 0 Å². The number of carbonyl (C=O) groups excluding carboxylic acids is 1. The van der Waals surface area contributed by atoms with E-state index in [0.29, 0.717) is 11.9 Å². The number of amides is 1. The minimum atomic E-state index is -0.832. The van der Waals surface area contributed by atoms with Gasteiger partial charge in [0.05, 0.1) is 6.42 Å². The molecule has 0 bridgehead atoms. The Kier molecular flexibility index (Phi) is 6.18. The highest BCUT2D eigenvalue weighted by Gasteiger charge is 2.27. The first-order valence-electron chi connectivity index (χ1n) is 8.66. The number of piperidine rings is 1. The number of nitrogens with zero attached hydrogens (tertiary/aromatic N) is 4. The molecule has 23 heavy (non-hydrogen) atoms. The third-order valence-electron chi connectivity index (χ3n) is 5.07. The van der Waals surface area contributed by atoms with E-state index < -0.39 is 6.10 Å². The topological polar surface area (TPSA) is 61.6 Å². The molecule has 130 valence electrons. The standard InChI is InChI=1S/C17H30N4O2/c1-5-20(6-2)14-7-9-21(10-8-14)16(23)11-15(22)17-18-12-13(3)19(17)4/h12,14-15,22H,5-11H2,1-4H3. The molecule has 1 aliphatic heterocycles. The molecule has 1 amide bonds. The number of likely N-dealkylation sites (tertiary alicyclic amines) is 1. The second-order valence-corrected chi connectivity index (χ2v) is 6.37. The van der Waals surface area contributed by atoms with Gasteiger partial charge in [0, 0.05) is 38.1 Å². The number of aromatic nitrogens is 2. The highest BCUT2D eigenvalue weighted by Crippen LogP contribution is 2.21. The van der Waals surface area contributed by atoms with Gasteiger partial charge in [-0.25, -0.2) is 4.98 Å². The fraction of sp³-hybridized carbons (Fsp3) is 0.765. The summed E-state index contributed by atoms with van der Waals surface area (Å²) >= 11 is 0. The van der Waals surface area contributed by atoms with E-state index >= 15 is 0 Å². The molecule has 1 unspecified atom stereocenters. The van der Waals surface area contributed by atoms with E-state index in [4.69, 9.17) is 0 Å². The van der Waals surface area contributed by atoms with Crippen LogP contribution in [0, 0.1) is 6.92 Å². The van der Waals surface area contributed by atoms with Crippen molar-refractivity contribution in [2.45, 2.75) is 52.2 Å². The lowest BCUT2D eigenvalue weighted by Crippen LogP contribution is -2.46. The summed E-state index contributed by atoms with van der Waals surface area (Å²) in [6, 6.07) is 0.580. The van der Waals surface area contributed by atoms with Crippen LogP contribution in [0.4, 0.5) is 0 Å². The number of hydrogen-bond acceptors (Lipinski definition) is 4. The van der Waals surface area contributed by atoms with Crippen LogP contribution in [0.2, 0.25) is 0 Å². The summed E-state index contributed by atoms with van der Waals surface area (Å²) in [6.45, 7) is 10.00. The quantitative estimate of drug-likeness (QED) is 0.862. The Hall–Kier alpha value is -1.40. The summed E-state index contributed by atoms with van der Waals surface area (Å²) in [4.78, 5) is 21.0. The maximum absolute atomic E-state index is 12.4. The van der Waals surface area contributed by atoms with Crippen LogP contribution in [0.25, 0.3) is 0 Å². The molecule has 1 fully saturated rings. The van der Waals surface area contributed by atoms with Gasteiger partial charge in [0.1, 0.15) is 11.9 Å². The molecular formula is C17H30N4O2. The molecule has 6 nitrogen and oxygen atoms in total. The Morgan fingerprint density at radius 1 is 1.39 bits per heavy atom. The Labute approximate surface area is 139 Å². The first kappa shape index (κ1) is 17.9. The Bertz CT molecular complexity index is 517. The summed E-state index contributed by atoms with van der Waals surface area (Å²) in [5.41, 5.74) is 0.978. The summed E-state index contributed by atoms with van der Waals surface area (Å²) in [5, 5.41) is 10.3. The van der Waals surface area contributed by atoms with Gasteiger partial charge in [-0.05, 0) is 32.9 Å². The van der Waals surface area contributed by atoms with Crippen molar-refractivity contribution in [3.8, 4) is 0 Å². The molecule has 1 aliphatic rings. The van der Waals surface area contributed by atoms with E-state index in [9.17, 15) is 9.90 Å². The second-order valence-electron chi connectivity index (χ2n) is 6.37. The number of hydrogen-bond donors (Lipinski definition) is 1. The molecule has 1 aromatic rings. The summed E-state index contributed by atoms with van der Waals surface area (Å²) in [5.74, 6) is 0.588. The fourth-order valence-corrected chi connectivity index (χ4v) is 3.43. The van der Waals surface area contributed by atoms with Crippen LogP contribution in [0.1, 0.15) is 50.7 Å². The molecule has 0 saturated carbocycles. The average molecular weight is 322 g/mol. The lowest BCUT2D eigenvalue weighted by molar-refractivity contribution is -0.135. The predicted molar refractivity (Wildman–Crippen MR) is 90.0 cm³/mol. The third-order valence-corrected chi connectivity index (χ3v) is 5.07. The van der Waals surface area contributed by atoms with Gasteiger partial charge in [-0.15, -0.1) is 0 Å². The molecule has 0 aromatic carbocycles. The molecule has 1 N–H and O–H groups in total. The number of aryl methyl sites for hydroxylation is 1. The zero-order chi connectivity index (χ0) is 17.0. The minimum Gasteiger partial charge on any atom is -0.385 e. The van der Waals surface area contributed by atoms with Crippen LogP contribution in [0.3, 0.4) is 0 Å². The molecule has 0 spiro atoms. The van der Waals surface area contributed by atoms with Gasteiger partial charge < -0.3 is 19.5 Å². The van der Waals surface area contributed by atoms with Crippen molar-refractivity contribution >= 4 is 5.91 Å². The molecule has 0 radical (unpaired) electrons. The molecule has 6 heteroatoms. The number of carbonyl (C=O) groups is 1. The first-order valence-corrected chi connectivity index (χ1v) is 8.66. The third kappa shape index (κ3) is 4.12. The monoisotopic (exact) mass is 322 g/mol. The van der Waals surface area contributed by atoms with Crippen molar-refractivity contribution in [2.24, 2.45) is 7.05 Å². The molecule has 1 saturated heterocycles. The van der Waals surface area contributed by atoms with E-state index in [1.54, 1.807) is 6.20 Å². The van der Waals surface area contributed by atoms with Gasteiger partial charge in [-0.3, -0.25) is 4.79 Å². The maximum Gasteiger partial charge on any atom is 0.225 e. The predicted octanol–water partition coefficient (Wildman–Crippen LogP) is 1.48. The Morgan fingerprint density at radius 2 is 2.00 bits per heavy atom. The van der Waals surface area contributed by atoms with Crippen LogP contribution < -0.4 is 0 Å². The number of aliphatic hydroxyl groups excluding tert-OH is 1. The zero-order valence-electron chi connectivity index (χ0n) is 14.8. The lowest BCUT2D eigenvalue weighted by Gasteiger charge is -2.38. The SMILES string of the molecule is CCN(CC)C1CCN(C(=O)CC(O)c2ncc(C)n2C)CC1. The van der Waals surface area contributed by atoms with E-state index in [1.165, 1.54) is 0 Å². The van der Waals surface area contributed by atoms with Crippen molar-refractivity contribution in [3.63, 3.8) is 0 Å². The van der Waals surface area contributed by atoms with Gasteiger partial charge in [-0.2, -0.15) is 0 Å². The smallest absolute Gasteiger partial charge is 0.225 e. The first-order chi connectivity index (χ1) is 11.0. The number of imidazole rings is 1. The fourth-order valence-electron chi connectivity index (χ4n) is 3.43. The summed E-state index contributed by atoms with van der Waals surface area (Å²) in [6.07, 6.45) is 3.04. The van der Waals surface area contributed by atoms with Crippen LogP contribution >= 0.6 is 0 Å². The van der Waals surface area contributed by atoms with Crippen LogP contribution in [0.15, 0.2) is 6.20 Å². The Morgan fingerprint density at radius 3 is 2.48 bits per heavy atom. The van der Waals surface area contributed by atoms with E-state index in [1.807, 2.05) is 23.4 Å². The van der Waals surface area contributed by atoms with Crippen molar-refractivity contribution in [1.82, 2.24) is 19.4 Å². The molecular weight excluding hydrogens is 292 g/mol. The van der Waals surface area contributed by atoms with Crippen molar-refractivity contribution in [3.05, 3.63) is 17.7 Å². The van der Waals surface area contributed by atoms with Crippen molar-refractivity contribution in [1.29, 1.82) is 0 Å². The highest BCUT2D eigenvalue weighted by molar-refractivity contribution is 5.76. The molecule has 0 aliphatic carbocycles. The zero-order valence-corrected chi connectivity index (χ0v) is 14.8. The average Bonchev–Trinajstić information content (AvgIpc) is 2.88. The van der Waals surface area contributed by atoms with E-state index in [0.717, 1.165) is 44.7 Å². The molecule has 1 atom stereocenters. The van der Waals surface area contributed by atoms with Gasteiger partial charge in [0.15, 0.2) is 0 Å². The molecule has 2 heterocycles. The second kappa shape index (κ2) is 7.93. The Balaban J connectivity index is 1.86. The highest BCUT2D eigenvalue weighted by atomic mass is 16.3. The molecule has 2 rings (SSSR count). The molecule has 1 aromatic heterocycles. The van der Waals surface area contributed by atoms with Crippen molar-refractivity contribution < 1.29 is 9.90 Å². The van der Waals surface area contributed by atoms with Gasteiger partial charge in [-0.1, -0.05) is 13.8 Å². The van der Waals surface area contributed by atoms with E-state index in [-0.39, 0.29) is 12.3 Å².